The molecule has 0 aliphatic carbocycles. The highest BCUT2D eigenvalue weighted by atomic mass is 16.2. The molecule has 2 aromatic carbocycles. The van der Waals surface area contributed by atoms with Crippen molar-refractivity contribution >= 4 is 6.03 Å². The molecule has 140 valence electrons. The van der Waals surface area contributed by atoms with Crippen molar-refractivity contribution in [3.63, 3.8) is 0 Å². The Balaban J connectivity index is 1.59. The summed E-state index contributed by atoms with van der Waals surface area (Å²) in [7, 11) is 0. The summed E-state index contributed by atoms with van der Waals surface area (Å²) in [6.07, 6.45) is 2.64. The number of aryl methyl sites for hydroxylation is 1. The molecule has 0 aliphatic rings. The Morgan fingerprint density at radius 2 is 1.78 bits per heavy atom. The molecule has 2 N–H and O–H groups in total. The van der Waals surface area contributed by atoms with E-state index in [1.807, 2.05) is 61.1 Å². The molecule has 5 heteroatoms. The van der Waals surface area contributed by atoms with Gasteiger partial charge in [-0.3, -0.25) is 0 Å². The van der Waals surface area contributed by atoms with Gasteiger partial charge in [0.05, 0.1) is 17.9 Å². The van der Waals surface area contributed by atoms with E-state index in [0.29, 0.717) is 6.54 Å². The first-order valence-corrected chi connectivity index (χ1v) is 9.25. The lowest BCUT2D eigenvalue weighted by atomic mass is 10.1. The maximum absolute atomic E-state index is 12.2. The van der Waals surface area contributed by atoms with Gasteiger partial charge in [0.25, 0.3) is 0 Å². The number of rotatable bonds is 6. The van der Waals surface area contributed by atoms with E-state index in [0.717, 1.165) is 28.9 Å². The SMILES string of the molecule is Cc1ccccc1-n1ncc(C(C)NC(=O)NCCc2ccccc2)c1C. The number of para-hydroxylation sites is 1. The van der Waals surface area contributed by atoms with Crippen LogP contribution in [0.5, 0.6) is 0 Å². The molecule has 0 bridgehead atoms. The van der Waals surface area contributed by atoms with Crippen LogP contribution in [0.2, 0.25) is 0 Å². The first kappa shape index (κ1) is 18.7. The number of nitrogens with one attached hydrogen (secondary N) is 2. The third kappa shape index (κ3) is 4.56. The summed E-state index contributed by atoms with van der Waals surface area (Å²) in [5.74, 6) is 0. The molecule has 3 aromatic rings. The van der Waals surface area contributed by atoms with Gasteiger partial charge < -0.3 is 10.6 Å². The number of benzene rings is 2. The van der Waals surface area contributed by atoms with E-state index in [4.69, 9.17) is 0 Å². The molecule has 1 aromatic heterocycles. The van der Waals surface area contributed by atoms with Gasteiger partial charge >= 0.3 is 6.03 Å². The highest BCUT2D eigenvalue weighted by molar-refractivity contribution is 5.74. The van der Waals surface area contributed by atoms with Gasteiger partial charge in [0, 0.05) is 17.8 Å². The highest BCUT2D eigenvalue weighted by Crippen LogP contribution is 2.21. The molecule has 0 saturated carbocycles. The fourth-order valence-electron chi connectivity index (χ4n) is 3.18. The minimum absolute atomic E-state index is 0.125. The number of hydrogen-bond acceptors (Lipinski definition) is 2. The number of carbonyl (C=O) groups excluding carboxylic acids is 1. The van der Waals surface area contributed by atoms with E-state index in [1.165, 1.54) is 5.56 Å². The van der Waals surface area contributed by atoms with E-state index >= 15 is 0 Å². The lowest BCUT2D eigenvalue weighted by molar-refractivity contribution is 0.238. The summed E-state index contributed by atoms with van der Waals surface area (Å²) < 4.78 is 1.93. The Kier molecular flexibility index (Phi) is 5.91. The van der Waals surface area contributed by atoms with Gasteiger partial charge in [-0.05, 0) is 44.4 Å². The molecular weight excluding hydrogens is 336 g/mol. The van der Waals surface area contributed by atoms with Gasteiger partial charge in [-0.25, -0.2) is 9.48 Å². The molecule has 3 rings (SSSR count). The summed E-state index contributed by atoms with van der Waals surface area (Å²) in [4.78, 5) is 12.2. The Labute approximate surface area is 160 Å². The fourth-order valence-corrected chi connectivity index (χ4v) is 3.18. The summed E-state index contributed by atoms with van der Waals surface area (Å²) in [5, 5.41) is 10.4. The molecule has 1 atom stereocenters. The number of amides is 2. The molecule has 0 aliphatic heterocycles. The third-order valence-corrected chi connectivity index (χ3v) is 4.75. The van der Waals surface area contributed by atoms with Crippen molar-refractivity contribution in [1.82, 2.24) is 20.4 Å². The molecule has 0 spiro atoms. The average molecular weight is 362 g/mol. The average Bonchev–Trinajstić information content (AvgIpc) is 3.04. The molecule has 0 saturated heterocycles. The second-order valence-corrected chi connectivity index (χ2v) is 6.74. The van der Waals surface area contributed by atoms with Crippen LogP contribution in [0.3, 0.4) is 0 Å². The predicted octanol–water partition coefficient (Wildman–Crippen LogP) is 4.09. The van der Waals surface area contributed by atoms with Crippen molar-refractivity contribution in [2.75, 3.05) is 6.54 Å². The van der Waals surface area contributed by atoms with Crippen molar-refractivity contribution in [1.29, 1.82) is 0 Å². The first-order chi connectivity index (χ1) is 13.1. The van der Waals surface area contributed by atoms with Crippen molar-refractivity contribution in [3.8, 4) is 5.69 Å². The molecule has 27 heavy (non-hydrogen) atoms. The summed E-state index contributed by atoms with van der Waals surface area (Å²) >= 11 is 0. The number of carbonyl (C=O) groups is 1. The van der Waals surface area contributed by atoms with Crippen LogP contribution in [-0.2, 0) is 6.42 Å². The van der Waals surface area contributed by atoms with Crippen LogP contribution in [0.25, 0.3) is 5.69 Å². The van der Waals surface area contributed by atoms with E-state index in [1.54, 1.807) is 0 Å². The van der Waals surface area contributed by atoms with E-state index in [-0.39, 0.29) is 12.1 Å². The van der Waals surface area contributed by atoms with Crippen LogP contribution in [0.1, 0.15) is 35.3 Å². The van der Waals surface area contributed by atoms with Crippen LogP contribution in [0.15, 0.2) is 60.8 Å². The number of nitrogens with zero attached hydrogens (tertiary/aromatic N) is 2. The van der Waals surface area contributed by atoms with Gasteiger partial charge in [0.15, 0.2) is 0 Å². The summed E-state index contributed by atoms with van der Waals surface area (Å²) in [6, 6.07) is 18.0. The minimum Gasteiger partial charge on any atom is -0.338 e. The van der Waals surface area contributed by atoms with Crippen molar-refractivity contribution < 1.29 is 4.79 Å². The van der Waals surface area contributed by atoms with Gasteiger partial charge in [0.2, 0.25) is 0 Å². The van der Waals surface area contributed by atoms with Crippen molar-refractivity contribution in [2.45, 2.75) is 33.2 Å². The van der Waals surface area contributed by atoms with Crippen molar-refractivity contribution in [3.05, 3.63) is 83.2 Å². The van der Waals surface area contributed by atoms with E-state index < -0.39 is 0 Å². The predicted molar refractivity (Wildman–Crippen MR) is 108 cm³/mol. The largest absolute Gasteiger partial charge is 0.338 e. The normalized spacial score (nSPS) is 11.8. The standard InChI is InChI=1S/C22H26N4O/c1-16-9-7-8-12-21(16)26-18(3)20(15-24-26)17(2)25-22(27)23-14-13-19-10-5-4-6-11-19/h4-12,15,17H,13-14H2,1-3H3,(H2,23,25,27). The molecule has 0 radical (unpaired) electrons. The smallest absolute Gasteiger partial charge is 0.315 e. The maximum Gasteiger partial charge on any atom is 0.315 e. The van der Waals surface area contributed by atoms with Crippen molar-refractivity contribution in [2.24, 2.45) is 0 Å². The Morgan fingerprint density at radius 3 is 2.52 bits per heavy atom. The molecule has 2 amide bonds. The fraction of sp³-hybridized carbons (Fsp3) is 0.273. The van der Waals surface area contributed by atoms with Crippen LogP contribution >= 0.6 is 0 Å². The van der Waals surface area contributed by atoms with Crippen LogP contribution < -0.4 is 10.6 Å². The number of aromatic nitrogens is 2. The van der Waals surface area contributed by atoms with E-state index in [9.17, 15) is 4.79 Å². The monoisotopic (exact) mass is 362 g/mol. The molecule has 5 nitrogen and oxygen atoms in total. The van der Waals surface area contributed by atoms with E-state index in [2.05, 4.69) is 40.9 Å². The summed E-state index contributed by atoms with van der Waals surface area (Å²) in [6.45, 7) is 6.67. The van der Waals surface area contributed by atoms with Crippen LogP contribution in [0.4, 0.5) is 4.79 Å². The number of hydrogen-bond donors (Lipinski definition) is 2. The lowest BCUT2D eigenvalue weighted by Gasteiger charge is -2.15. The molecule has 0 fully saturated rings. The molecule has 1 unspecified atom stereocenters. The zero-order chi connectivity index (χ0) is 19.2. The summed E-state index contributed by atoms with van der Waals surface area (Å²) in [5.41, 5.74) is 5.47. The Bertz CT molecular complexity index is 902. The molecule has 1 heterocycles. The quantitative estimate of drug-likeness (QED) is 0.694. The zero-order valence-electron chi connectivity index (χ0n) is 16.1. The minimum atomic E-state index is -0.165. The first-order valence-electron chi connectivity index (χ1n) is 9.25. The van der Waals surface area contributed by atoms with Gasteiger partial charge in [-0.15, -0.1) is 0 Å². The van der Waals surface area contributed by atoms with Gasteiger partial charge in [-0.1, -0.05) is 48.5 Å². The third-order valence-electron chi connectivity index (χ3n) is 4.75. The maximum atomic E-state index is 12.2. The molecular formula is C22H26N4O. The van der Waals surface area contributed by atoms with Gasteiger partial charge in [-0.2, -0.15) is 5.10 Å². The van der Waals surface area contributed by atoms with Gasteiger partial charge in [0.1, 0.15) is 0 Å². The second kappa shape index (κ2) is 8.54. The number of urea groups is 1. The highest BCUT2D eigenvalue weighted by Gasteiger charge is 2.16. The topological polar surface area (TPSA) is 59.0 Å². The Hall–Kier alpha value is -3.08. The van der Waals surface area contributed by atoms with Crippen LogP contribution in [0, 0.1) is 13.8 Å². The zero-order valence-corrected chi connectivity index (χ0v) is 16.1. The Morgan fingerprint density at radius 1 is 1.07 bits per heavy atom. The van der Waals surface area contributed by atoms with Crippen LogP contribution in [-0.4, -0.2) is 22.4 Å². The lowest BCUT2D eigenvalue weighted by Crippen LogP contribution is -2.38. The second-order valence-electron chi connectivity index (χ2n) is 6.74.